The molecule has 66 valence electrons. The Morgan fingerprint density at radius 3 is 2.64 bits per heavy atom. The Morgan fingerprint density at radius 1 is 1.45 bits per heavy atom. The van der Waals surface area contributed by atoms with Crippen LogP contribution < -0.4 is 0 Å². The summed E-state index contributed by atoms with van der Waals surface area (Å²) in [5.41, 5.74) is 0. The first-order chi connectivity index (χ1) is 5.24. The second kappa shape index (κ2) is 4.07. The molecule has 0 spiro atoms. The van der Waals surface area contributed by atoms with Gasteiger partial charge in [-0.05, 0) is 40.0 Å². The van der Waals surface area contributed by atoms with E-state index in [1.54, 1.807) is 0 Å². The topological polar surface area (TPSA) is 6.48 Å². The van der Waals surface area contributed by atoms with Crippen LogP contribution in [0, 0.1) is 0 Å². The molecule has 1 fully saturated rings. The summed E-state index contributed by atoms with van der Waals surface area (Å²) >= 11 is 0. The van der Waals surface area contributed by atoms with Gasteiger partial charge >= 0.3 is 0 Å². The van der Waals surface area contributed by atoms with Gasteiger partial charge in [-0.25, -0.2) is 0 Å². The molecule has 0 amide bonds. The quantitative estimate of drug-likeness (QED) is 0.602. The molecule has 0 saturated carbocycles. The van der Waals surface area contributed by atoms with Crippen LogP contribution in [-0.4, -0.2) is 49.6 Å². The molecule has 1 aliphatic heterocycles. The molecular weight excluding hydrogens is 136 g/mol. The molecule has 1 rings (SSSR count). The van der Waals surface area contributed by atoms with E-state index in [4.69, 9.17) is 0 Å². The fraction of sp³-hybridized carbons (Fsp3) is 1.00. The third-order valence-corrected chi connectivity index (χ3v) is 2.52. The molecule has 0 bridgehead atoms. The number of hydrogen-bond acceptors (Lipinski definition) is 2. The summed E-state index contributed by atoms with van der Waals surface area (Å²) < 4.78 is 0. The van der Waals surface area contributed by atoms with Crippen molar-refractivity contribution in [2.75, 3.05) is 33.7 Å². The second-order valence-electron chi connectivity index (χ2n) is 3.71. The monoisotopic (exact) mass is 156 g/mol. The van der Waals surface area contributed by atoms with E-state index in [0.717, 1.165) is 6.04 Å². The minimum atomic E-state index is 0.807. The van der Waals surface area contributed by atoms with E-state index in [1.807, 2.05) is 0 Å². The molecule has 1 saturated heterocycles. The van der Waals surface area contributed by atoms with E-state index >= 15 is 0 Å². The summed E-state index contributed by atoms with van der Waals surface area (Å²) in [5.74, 6) is 0. The van der Waals surface area contributed by atoms with Gasteiger partial charge in [-0.2, -0.15) is 0 Å². The van der Waals surface area contributed by atoms with Crippen LogP contribution in [0.25, 0.3) is 0 Å². The molecule has 0 aromatic heterocycles. The Morgan fingerprint density at radius 2 is 2.18 bits per heavy atom. The molecule has 1 aliphatic rings. The smallest absolute Gasteiger partial charge is 0.0229 e. The van der Waals surface area contributed by atoms with Gasteiger partial charge in [0, 0.05) is 12.6 Å². The lowest BCUT2D eigenvalue weighted by Gasteiger charge is -2.19. The molecular formula is C9H20N2. The van der Waals surface area contributed by atoms with Gasteiger partial charge in [0.1, 0.15) is 0 Å². The van der Waals surface area contributed by atoms with Crippen LogP contribution in [0.5, 0.6) is 0 Å². The fourth-order valence-electron chi connectivity index (χ4n) is 1.75. The highest BCUT2D eigenvalue weighted by molar-refractivity contribution is 4.79. The Balaban J connectivity index is 2.23. The summed E-state index contributed by atoms with van der Waals surface area (Å²) in [5, 5.41) is 0. The van der Waals surface area contributed by atoms with Crippen molar-refractivity contribution in [1.29, 1.82) is 0 Å². The van der Waals surface area contributed by atoms with Gasteiger partial charge in [-0.15, -0.1) is 0 Å². The van der Waals surface area contributed by atoms with E-state index in [0.29, 0.717) is 0 Å². The largest absolute Gasteiger partial charge is 0.305 e. The van der Waals surface area contributed by atoms with Crippen LogP contribution in [0.15, 0.2) is 0 Å². The molecule has 0 aliphatic carbocycles. The lowest BCUT2D eigenvalue weighted by atomic mass is 10.2. The van der Waals surface area contributed by atoms with E-state index < -0.39 is 0 Å². The van der Waals surface area contributed by atoms with Gasteiger partial charge < -0.3 is 9.80 Å². The average molecular weight is 156 g/mol. The number of nitrogens with zero attached hydrogens (tertiary/aromatic N) is 2. The molecule has 11 heavy (non-hydrogen) atoms. The third-order valence-electron chi connectivity index (χ3n) is 2.52. The van der Waals surface area contributed by atoms with Gasteiger partial charge in [-0.1, -0.05) is 6.92 Å². The summed E-state index contributed by atoms with van der Waals surface area (Å²) in [6.07, 6.45) is 2.65. The summed E-state index contributed by atoms with van der Waals surface area (Å²) in [6.45, 7) is 6.12. The lowest BCUT2D eigenvalue weighted by Crippen LogP contribution is -2.31. The summed E-state index contributed by atoms with van der Waals surface area (Å²) in [6, 6.07) is 0.807. The van der Waals surface area contributed by atoms with E-state index in [-0.39, 0.29) is 0 Å². The van der Waals surface area contributed by atoms with Gasteiger partial charge in [0.05, 0.1) is 0 Å². The number of likely N-dealkylation sites (tertiary alicyclic amines) is 1. The van der Waals surface area contributed by atoms with Crippen molar-refractivity contribution in [1.82, 2.24) is 9.80 Å². The van der Waals surface area contributed by atoms with Gasteiger partial charge in [0.25, 0.3) is 0 Å². The minimum absolute atomic E-state index is 0.807. The van der Waals surface area contributed by atoms with Crippen molar-refractivity contribution in [2.24, 2.45) is 0 Å². The van der Waals surface area contributed by atoms with Crippen LogP contribution in [0.3, 0.4) is 0 Å². The zero-order valence-electron chi connectivity index (χ0n) is 8.01. The highest BCUT2D eigenvalue weighted by atomic mass is 15.2. The van der Waals surface area contributed by atoms with Crippen LogP contribution in [-0.2, 0) is 0 Å². The molecule has 1 atom stereocenters. The van der Waals surface area contributed by atoms with E-state index in [2.05, 4.69) is 30.8 Å². The Labute approximate surface area is 70.2 Å². The molecule has 0 unspecified atom stereocenters. The first kappa shape index (κ1) is 9.01. The van der Waals surface area contributed by atoms with E-state index in [1.165, 1.54) is 32.5 Å². The zero-order valence-corrected chi connectivity index (χ0v) is 8.01. The maximum absolute atomic E-state index is 2.56. The fourth-order valence-corrected chi connectivity index (χ4v) is 1.75. The third kappa shape index (κ3) is 2.46. The molecule has 0 N–H and O–H groups in total. The highest BCUT2D eigenvalue weighted by Crippen LogP contribution is 2.12. The predicted octanol–water partition coefficient (Wildman–Crippen LogP) is 1.03. The van der Waals surface area contributed by atoms with Crippen molar-refractivity contribution in [3.05, 3.63) is 0 Å². The standard InChI is InChI=1S/C9H20N2/c1-4-6-11-7-5-9(8-11)10(2)3/h9H,4-8H2,1-3H3/t9-/m1/s1. The van der Waals surface area contributed by atoms with Gasteiger partial charge in [-0.3, -0.25) is 0 Å². The molecule has 0 aromatic rings. The normalized spacial score (nSPS) is 26.7. The first-order valence-electron chi connectivity index (χ1n) is 4.62. The van der Waals surface area contributed by atoms with Crippen molar-refractivity contribution in [3.8, 4) is 0 Å². The molecule has 0 radical (unpaired) electrons. The first-order valence-corrected chi connectivity index (χ1v) is 4.62. The van der Waals surface area contributed by atoms with Crippen LogP contribution in [0.2, 0.25) is 0 Å². The molecule has 0 aromatic carbocycles. The highest BCUT2D eigenvalue weighted by Gasteiger charge is 2.22. The van der Waals surface area contributed by atoms with Crippen LogP contribution in [0.1, 0.15) is 19.8 Å². The minimum Gasteiger partial charge on any atom is -0.305 e. The van der Waals surface area contributed by atoms with Crippen LogP contribution in [0.4, 0.5) is 0 Å². The number of rotatable bonds is 3. The number of hydrogen-bond donors (Lipinski definition) is 0. The van der Waals surface area contributed by atoms with Crippen molar-refractivity contribution < 1.29 is 0 Å². The summed E-state index contributed by atoms with van der Waals surface area (Å²) in [7, 11) is 4.36. The van der Waals surface area contributed by atoms with Crippen LogP contribution >= 0.6 is 0 Å². The Hall–Kier alpha value is -0.0800. The van der Waals surface area contributed by atoms with Gasteiger partial charge in [0.15, 0.2) is 0 Å². The lowest BCUT2D eigenvalue weighted by molar-refractivity contribution is 0.269. The Kier molecular flexibility index (Phi) is 3.34. The molecule has 2 heteroatoms. The maximum atomic E-state index is 2.56. The summed E-state index contributed by atoms with van der Waals surface area (Å²) in [4.78, 5) is 4.90. The molecule has 1 heterocycles. The average Bonchev–Trinajstić information content (AvgIpc) is 2.37. The van der Waals surface area contributed by atoms with Crippen molar-refractivity contribution >= 4 is 0 Å². The van der Waals surface area contributed by atoms with Crippen molar-refractivity contribution in [3.63, 3.8) is 0 Å². The Bertz CT molecular complexity index is 112. The molecule has 2 nitrogen and oxygen atoms in total. The predicted molar refractivity (Wildman–Crippen MR) is 48.8 cm³/mol. The van der Waals surface area contributed by atoms with E-state index in [9.17, 15) is 0 Å². The van der Waals surface area contributed by atoms with Crippen molar-refractivity contribution in [2.45, 2.75) is 25.8 Å². The van der Waals surface area contributed by atoms with Gasteiger partial charge in [0.2, 0.25) is 0 Å². The SMILES string of the molecule is CCCN1CC[C@@H](N(C)C)C1. The zero-order chi connectivity index (χ0) is 8.27. The maximum Gasteiger partial charge on any atom is 0.0229 e. The number of likely N-dealkylation sites (N-methyl/N-ethyl adjacent to an activating group) is 1. The second-order valence-corrected chi connectivity index (χ2v) is 3.71.